The number of hydrogen-bond donors (Lipinski definition) is 0. The highest BCUT2D eigenvalue weighted by Gasteiger charge is 2.70. The van der Waals surface area contributed by atoms with Crippen molar-refractivity contribution in [3.8, 4) is 0 Å². The highest BCUT2D eigenvalue weighted by atomic mass is 16.1. The lowest BCUT2D eigenvalue weighted by atomic mass is 9.32. The van der Waals surface area contributed by atoms with Crippen molar-refractivity contribution >= 4 is 12.1 Å². The molecule has 0 spiro atoms. The van der Waals surface area contributed by atoms with E-state index in [4.69, 9.17) is 0 Å². The first-order chi connectivity index (χ1) is 14.9. The summed E-state index contributed by atoms with van der Waals surface area (Å²) in [6, 6.07) is 0. The molecule has 0 heterocycles. The van der Waals surface area contributed by atoms with E-state index in [1.54, 1.807) is 5.57 Å². The number of allylic oxidation sites excluding steroid dienone is 2. The number of Topliss-reactive ketones (excluding diaryl/α,β-unsaturated/α-hetero) is 1. The van der Waals surface area contributed by atoms with Gasteiger partial charge in [-0.25, -0.2) is 0 Å². The third-order valence-corrected chi connectivity index (χ3v) is 12.8. The molecule has 2 heteroatoms. The molecule has 0 amide bonds. The fraction of sp³-hybridized carbons (Fsp3) is 0.867. The summed E-state index contributed by atoms with van der Waals surface area (Å²) in [6.45, 7) is 17.0. The molecule has 0 aliphatic heterocycles. The van der Waals surface area contributed by atoms with Gasteiger partial charge in [-0.2, -0.15) is 0 Å². The molecule has 0 aromatic heterocycles. The molecule has 0 aromatic rings. The maximum atomic E-state index is 12.9. The second kappa shape index (κ2) is 6.82. The van der Waals surface area contributed by atoms with E-state index in [0.717, 1.165) is 25.7 Å². The van der Waals surface area contributed by atoms with Gasteiger partial charge in [0.2, 0.25) is 0 Å². The molecule has 0 unspecified atom stereocenters. The van der Waals surface area contributed by atoms with E-state index in [9.17, 15) is 9.59 Å². The van der Waals surface area contributed by atoms with Gasteiger partial charge in [0.15, 0.2) is 0 Å². The number of carbonyl (C=O) groups excluding carboxylic acids is 2. The molecule has 5 rings (SSSR count). The number of aldehydes is 1. The Kier molecular flexibility index (Phi) is 4.87. The van der Waals surface area contributed by atoms with Crippen molar-refractivity contribution < 1.29 is 9.59 Å². The Hall–Kier alpha value is -0.920. The maximum absolute atomic E-state index is 12.9. The van der Waals surface area contributed by atoms with Gasteiger partial charge >= 0.3 is 0 Å². The molecule has 0 aromatic carbocycles. The minimum atomic E-state index is -0.176. The van der Waals surface area contributed by atoms with Crippen LogP contribution in [0.1, 0.15) is 106 Å². The van der Waals surface area contributed by atoms with Crippen LogP contribution in [0.2, 0.25) is 0 Å². The first-order valence-electron chi connectivity index (χ1n) is 13.6. The van der Waals surface area contributed by atoms with Crippen molar-refractivity contribution in [2.24, 2.45) is 56.7 Å². The van der Waals surface area contributed by atoms with Crippen LogP contribution in [0, 0.1) is 56.7 Å². The summed E-state index contributed by atoms with van der Waals surface area (Å²) in [5, 5.41) is 0. The number of fused-ring (bicyclic) bond motifs is 7. The van der Waals surface area contributed by atoms with Gasteiger partial charge in [0.05, 0.1) is 0 Å². The Bertz CT molecular complexity index is 866. The first kappa shape index (κ1) is 22.9. The highest BCUT2D eigenvalue weighted by Crippen LogP contribution is 2.76. The van der Waals surface area contributed by atoms with Crippen LogP contribution in [0.15, 0.2) is 11.6 Å². The molecular formula is C30H46O2. The Morgan fingerprint density at radius 1 is 0.906 bits per heavy atom. The summed E-state index contributed by atoms with van der Waals surface area (Å²) in [6.07, 6.45) is 13.9. The molecule has 0 saturated heterocycles. The Morgan fingerprint density at radius 3 is 2.28 bits per heavy atom. The van der Waals surface area contributed by atoms with Crippen LogP contribution in [0.3, 0.4) is 0 Å². The summed E-state index contributed by atoms with van der Waals surface area (Å²) >= 11 is 0. The summed E-state index contributed by atoms with van der Waals surface area (Å²) in [4.78, 5) is 25.4. The van der Waals surface area contributed by atoms with E-state index in [0.29, 0.717) is 40.8 Å². The molecule has 8 atom stereocenters. The van der Waals surface area contributed by atoms with Crippen LogP contribution < -0.4 is 0 Å². The van der Waals surface area contributed by atoms with E-state index in [1.807, 2.05) is 0 Å². The van der Waals surface area contributed by atoms with Gasteiger partial charge in [0.25, 0.3) is 0 Å². The van der Waals surface area contributed by atoms with Gasteiger partial charge in [-0.3, -0.25) is 4.79 Å². The zero-order valence-electron chi connectivity index (χ0n) is 21.7. The SMILES string of the molecule is CC(C)C1=CC[C@]2(C=O)CC[C@]3(C)[C@H](CC[C@@H]4[C@@]5(C)CCC(=O)C(C)(C)[C@@H]5CC[C@]43C)[C@@H]12. The minimum Gasteiger partial charge on any atom is -0.303 e. The predicted octanol–water partition coefficient (Wildman–Crippen LogP) is 7.41. The Morgan fingerprint density at radius 2 is 1.62 bits per heavy atom. The summed E-state index contributed by atoms with van der Waals surface area (Å²) < 4.78 is 0. The molecule has 2 nitrogen and oxygen atoms in total. The summed E-state index contributed by atoms with van der Waals surface area (Å²) in [5.74, 6) is 3.31. The molecule has 0 bridgehead atoms. The quantitative estimate of drug-likeness (QED) is 0.332. The molecule has 4 fully saturated rings. The van der Waals surface area contributed by atoms with Crippen molar-refractivity contribution in [2.75, 3.05) is 0 Å². The zero-order valence-corrected chi connectivity index (χ0v) is 21.7. The van der Waals surface area contributed by atoms with Crippen LogP contribution in [-0.2, 0) is 9.59 Å². The van der Waals surface area contributed by atoms with Crippen LogP contribution in [0.4, 0.5) is 0 Å². The maximum Gasteiger partial charge on any atom is 0.138 e. The van der Waals surface area contributed by atoms with Crippen LogP contribution in [0.25, 0.3) is 0 Å². The molecule has 32 heavy (non-hydrogen) atoms. The fourth-order valence-corrected chi connectivity index (χ4v) is 10.8. The van der Waals surface area contributed by atoms with E-state index >= 15 is 0 Å². The smallest absolute Gasteiger partial charge is 0.138 e. The third kappa shape index (κ3) is 2.54. The van der Waals surface area contributed by atoms with E-state index in [2.05, 4.69) is 54.5 Å². The van der Waals surface area contributed by atoms with E-state index < -0.39 is 0 Å². The summed E-state index contributed by atoms with van der Waals surface area (Å²) in [7, 11) is 0. The molecule has 5 aliphatic rings. The average Bonchev–Trinajstić information content (AvgIpc) is 3.12. The van der Waals surface area contributed by atoms with E-state index in [-0.39, 0.29) is 21.7 Å². The fourth-order valence-electron chi connectivity index (χ4n) is 10.8. The zero-order chi connectivity index (χ0) is 23.3. The monoisotopic (exact) mass is 438 g/mol. The number of carbonyl (C=O) groups is 2. The standard InChI is InChI=1S/C30H46O2/c1-19(2)20-10-15-30(18-31)17-16-28(6)21(25(20)30)8-9-23-27(5)13-12-24(32)26(3,4)22(27)11-14-29(23,28)7/h10,18-19,21-23,25H,8-9,11-17H2,1-7H3/t21-,22+,23-,25-,27+,28-,29-,30-/m1/s1. The lowest BCUT2D eigenvalue weighted by Gasteiger charge is -2.72. The average molecular weight is 439 g/mol. The topological polar surface area (TPSA) is 34.1 Å². The molecular weight excluding hydrogens is 392 g/mol. The van der Waals surface area contributed by atoms with Gasteiger partial charge in [-0.05, 0) is 97.2 Å². The number of rotatable bonds is 2. The number of ketones is 1. The van der Waals surface area contributed by atoms with Gasteiger partial charge in [-0.15, -0.1) is 0 Å². The Balaban J connectivity index is 1.56. The van der Waals surface area contributed by atoms with Crippen LogP contribution in [-0.4, -0.2) is 12.1 Å². The molecule has 0 radical (unpaired) electrons. The second-order valence-corrected chi connectivity index (χ2v) is 14.2. The van der Waals surface area contributed by atoms with Crippen molar-refractivity contribution in [2.45, 2.75) is 106 Å². The summed E-state index contributed by atoms with van der Waals surface area (Å²) in [5.41, 5.74) is 2.13. The third-order valence-electron chi connectivity index (χ3n) is 12.8. The van der Waals surface area contributed by atoms with Crippen molar-refractivity contribution in [3.63, 3.8) is 0 Å². The lowest BCUT2D eigenvalue weighted by molar-refractivity contribution is -0.227. The molecule has 5 aliphatic carbocycles. The van der Waals surface area contributed by atoms with Gasteiger partial charge in [0.1, 0.15) is 12.1 Å². The van der Waals surface area contributed by atoms with Crippen LogP contribution in [0.5, 0.6) is 0 Å². The van der Waals surface area contributed by atoms with Crippen LogP contribution >= 0.6 is 0 Å². The van der Waals surface area contributed by atoms with Crippen molar-refractivity contribution in [3.05, 3.63) is 11.6 Å². The molecule has 0 N–H and O–H groups in total. The minimum absolute atomic E-state index is 0.132. The normalized spacial score (nSPS) is 51.9. The van der Waals surface area contributed by atoms with Gasteiger partial charge in [-0.1, -0.05) is 60.1 Å². The second-order valence-electron chi connectivity index (χ2n) is 14.2. The van der Waals surface area contributed by atoms with E-state index in [1.165, 1.54) is 38.4 Å². The Labute approximate surface area is 196 Å². The highest BCUT2D eigenvalue weighted by molar-refractivity contribution is 5.85. The largest absolute Gasteiger partial charge is 0.303 e. The van der Waals surface area contributed by atoms with Gasteiger partial charge in [0, 0.05) is 17.3 Å². The first-order valence-corrected chi connectivity index (χ1v) is 13.6. The molecule has 178 valence electrons. The van der Waals surface area contributed by atoms with Crippen molar-refractivity contribution in [1.29, 1.82) is 0 Å². The predicted molar refractivity (Wildman–Crippen MR) is 130 cm³/mol. The number of hydrogen-bond acceptors (Lipinski definition) is 2. The van der Waals surface area contributed by atoms with Gasteiger partial charge < -0.3 is 4.79 Å². The van der Waals surface area contributed by atoms with Crippen molar-refractivity contribution in [1.82, 2.24) is 0 Å². The lowest BCUT2D eigenvalue weighted by Crippen LogP contribution is -2.66. The molecule has 4 saturated carbocycles.